The molecular formula is C17H23FIN3OS. The van der Waals surface area contributed by atoms with Crippen LogP contribution >= 0.6 is 35.3 Å². The fourth-order valence-corrected chi connectivity index (χ4v) is 2.99. The average molecular weight is 463 g/mol. The van der Waals surface area contributed by atoms with Gasteiger partial charge >= 0.3 is 0 Å². The van der Waals surface area contributed by atoms with Crippen molar-refractivity contribution in [2.75, 3.05) is 14.2 Å². The molecule has 0 saturated carbocycles. The van der Waals surface area contributed by atoms with Crippen LogP contribution in [-0.4, -0.2) is 20.1 Å². The number of hydrogen-bond donors (Lipinski definition) is 2. The number of methoxy groups -OCH3 is 1. The van der Waals surface area contributed by atoms with E-state index in [2.05, 4.69) is 34.7 Å². The number of rotatable bonds is 6. The van der Waals surface area contributed by atoms with Crippen LogP contribution in [0.25, 0.3) is 0 Å². The highest BCUT2D eigenvalue weighted by molar-refractivity contribution is 14.0. The first-order valence-corrected chi connectivity index (χ1v) is 8.20. The summed E-state index contributed by atoms with van der Waals surface area (Å²) in [5.74, 6) is 0.472. The van der Waals surface area contributed by atoms with Crippen LogP contribution in [0.2, 0.25) is 0 Å². The van der Waals surface area contributed by atoms with Crippen molar-refractivity contribution in [1.29, 1.82) is 0 Å². The van der Waals surface area contributed by atoms with Crippen molar-refractivity contribution in [2.24, 2.45) is 4.99 Å². The Balaban J connectivity index is 0.00000288. The van der Waals surface area contributed by atoms with Gasteiger partial charge in [0, 0.05) is 36.0 Å². The van der Waals surface area contributed by atoms with E-state index in [0.717, 1.165) is 12.1 Å². The van der Waals surface area contributed by atoms with E-state index in [0.29, 0.717) is 18.1 Å². The van der Waals surface area contributed by atoms with Gasteiger partial charge in [0.1, 0.15) is 5.82 Å². The van der Waals surface area contributed by atoms with E-state index < -0.39 is 0 Å². The summed E-state index contributed by atoms with van der Waals surface area (Å²) in [5.41, 5.74) is 1.54. The van der Waals surface area contributed by atoms with Crippen LogP contribution < -0.4 is 10.6 Å². The molecule has 0 bridgehead atoms. The van der Waals surface area contributed by atoms with Gasteiger partial charge in [0.15, 0.2) is 5.96 Å². The molecule has 0 amide bonds. The van der Waals surface area contributed by atoms with Gasteiger partial charge in [-0.25, -0.2) is 4.39 Å². The average Bonchev–Trinajstić information content (AvgIpc) is 2.96. The molecule has 132 valence electrons. The largest absolute Gasteiger partial charge is 0.380 e. The molecule has 0 radical (unpaired) electrons. The molecular weight excluding hydrogens is 440 g/mol. The second-order valence-corrected chi connectivity index (χ2v) is 6.52. The lowest BCUT2D eigenvalue weighted by molar-refractivity contribution is 0.181. The van der Waals surface area contributed by atoms with Gasteiger partial charge < -0.3 is 15.4 Å². The third kappa shape index (κ3) is 6.37. The third-order valence-corrected chi connectivity index (χ3v) is 4.32. The van der Waals surface area contributed by atoms with Crippen molar-refractivity contribution in [3.63, 3.8) is 0 Å². The van der Waals surface area contributed by atoms with Crippen molar-refractivity contribution >= 4 is 41.3 Å². The van der Waals surface area contributed by atoms with Crippen molar-refractivity contribution in [3.05, 3.63) is 57.0 Å². The van der Waals surface area contributed by atoms with Crippen LogP contribution in [-0.2, 0) is 24.4 Å². The number of ether oxygens (including phenoxy) is 1. The molecule has 0 aliphatic rings. The molecule has 0 saturated heterocycles. The van der Waals surface area contributed by atoms with E-state index >= 15 is 0 Å². The molecule has 1 heterocycles. The summed E-state index contributed by atoms with van der Waals surface area (Å²) in [6, 6.07) is 9.25. The summed E-state index contributed by atoms with van der Waals surface area (Å²) in [6.45, 7) is 3.66. The Kier molecular flexibility index (Phi) is 9.24. The maximum absolute atomic E-state index is 13.6. The number of nitrogens with one attached hydrogen (secondary N) is 2. The van der Waals surface area contributed by atoms with Crippen molar-refractivity contribution in [2.45, 2.75) is 26.6 Å². The van der Waals surface area contributed by atoms with Crippen molar-refractivity contribution < 1.29 is 9.13 Å². The normalized spacial score (nSPS) is 11.1. The van der Waals surface area contributed by atoms with Crippen LogP contribution in [0.1, 0.15) is 20.9 Å². The zero-order valence-corrected chi connectivity index (χ0v) is 17.2. The molecule has 24 heavy (non-hydrogen) atoms. The lowest BCUT2D eigenvalue weighted by Crippen LogP contribution is -2.36. The number of hydrogen-bond acceptors (Lipinski definition) is 3. The van der Waals surface area contributed by atoms with Gasteiger partial charge in [-0.05, 0) is 36.8 Å². The molecule has 2 N–H and O–H groups in total. The zero-order valence-electron chi connectivity index (χ0n) is 14.1. The number of halogens is 2. The molecule has 4 nitrogen and oxygen atoms in total. The Hall–Kier alpha value is -1.19. The van der Waals surface area contributed by atoms with Crippen molar-refractivity contribution in [1.82, 2.24) is 10.6 Å². The maximum Gasteiger partial charge on any atom is 0.191 e. The fraction of sp³-hybridized carbons (Fsp3) is 0.353. The summed E-state index contributed by atoms with van der Waals surface area (Å²) in [6.07, 6.45) is 0. The minimum absolute atomic E-state index is 0. The smallest absolute Gasteiger partial charge is 0.191 e. The van der Waals surface area contributed by atoms with Crippen LogP contribution in [0.4, 0.5) is 4.39 Å². The van der Waals surface area contributed by atoms with Crippen LogP contribution in [0.15, 0.2) is 35.3 Å². The fourth-order valence-electron chi connectivity index (χ4n) is 2.16. The number of benzene rings is 1. The van der Waals surface area contributed by atoms with E-state index in [-0.39, 0.29) is 36.4 Å². The van der Waals surface area contributed by atoms with Gasteiger partial charge in [0.25, 0.3) is 0 Å². The van der Waals surface area contributed by atoms with E-state index in [4.69, 9.17) is 4.74 Å². The molecule has 1 aromatic carbocycles. The van der Waals surface area contributed by atoms with Crippen LogP contribution in [0.3, 0.4) is 0 Å². The molecule has 0 unspecified atom stereocenters. The molecule has 0 spiro atoms. The maximum atomic E-state index is 13.6. The van der Waals surface area contributed by atoms with E-state index in [1.807, 2.05) is 6.07 Å². The third-order valence-electron chi connectivity index (χ3n) is 3.32. The Labute approximate surface area is 163 Å². The Morgan fingerprint density at radius 2 is 1.96 bits per heavy atom. The molecule has 2 aromatic rings. The highest BCUT2D eigenvalue weighted by Gasteiger charge is 2.05. The minimum atomic E-state index is -0.244. The second kappa shape index (κ2) is 10.6. The Morgan fingerprint density at radius 3 is 2.58 bits per heavy atom. The number of guanidine groups is 1. The molecule has 0 aliphatic carbocycles. The monoisotopic (exact) mass is 463 g/mol. The molecule has 0 atom stereocenters. The Bertz CT molecular complexity index is 676. The highest BCUT2D eigenvalue weighted by Crippen LogP contribution is 2.14. The van der Waals surface area contributed by atoms with Gasteiger partial charge in [-0.1, -0.05) is 6.07 Å². The van der Waals surface area contributed by atoms with Gasteiger partial charge in [-0.15, -0.1) is 35.3 Å². The number of aryl methyl sites for hydroxylation is 1. The van der Waals surface area contributed by atoms with E-state index in [1.165, 1.54) is 15.8 Å². The van der Waals surface area contributed by atoms with Gasteiger partial charge in [-0.2, -0.15) is 0 Å². The van der Waals surface area contributed by atoms with E-state index in [9.17, 15) is 4.39 Å². The van der Waals surface area contributed by atoms with Crippen LogP contribution in [0, 0.1) is 12.7 Å². The first-order valence-electron chi connectivity index (χ1n) is 7.38. The first kappa shape index (κ1) is 20.9. The lowest BCUT2D eigenvalue weighted by Gasteiger charge is -2.12. The predicted octanol–water partition coefficient (Wildman–Crippen LogP) is 3.83. The van der Waals surface area contributed by atoms with Crippen molar-refractivity contribution in [3.8, 4) is 0 Å². The zero-order chi connectivity index (χ0) is 16.7. The topological polar surface area (TPSA) is 45.7 Å². The Morgan fingerprint density at radius 1 is 1.21 bits per heavy atom. The van der Waals surface area contributed by atoms with Gasteiger partial charge in [-0.3, -0.25) is 4.99 Å². The standard InChI is InChI=1S/C17H22FN3OS.HI/c1-12-4-6-15(23-12)10-21-17(19-2)20-9-13-5-7-16(18)14(8-13)11-22-3;/h4-8H,9-11H2,1-3H3,(H2,19,20,21);1H. The SMILES string of the molecule is CN=C(NCc1ccc(F)c(COC)c1)NCc1ccc(C)s1.I. The van der Waals surface area contributed by atoms with Gasteiger partial charge in [0.2, 0.25) is 0 Å². The first-order chi connectivity index (χ1) is 11.1. The van der Waals surface area contributed by atoms with Gasteiger partial charge in [0.05, 0.1) is 13.2 Å². The lowest BCUT2D eigenvalue weighted by atomic mass is 10.1. The number of aliphatic imine (C=N–C) groups is 1. The summed E-state index contributed by atoms with van der Waals surface area (Å²) < 4.78 is 18.6. The number of nitrogens with zero attached hydrogens (tertiary/aromatic N) is 1. The molecule has 0 aliphatic heterocycles. The molecule has 0 fully saturated rings. The molecule has 7 heteroatoms. The molecule has 2 rings (SSSR count). The molecule has 1 aromatic heterocycles. The quantitative estimate of drug-likeness (QED) is 0.389. The predicted molar refractivity (Wildman–Crippen MR) is 109 cm³/mol. The summed E-state index contributed by atoms with van der Waals surface area (Å²) in [4.78, 5) is 6.75. The van der Waals surface area contributed by atoms with Crippen LogP contribution in [0.5, 0.6) is 0 Å². The summed E-state index contributed by atoms with van der Waals surface area (Å²) in [7, 11) is 3.29. The number of thiophene rings is 1. The highest BCUT2D eigenvalue weighted by atomic mass is 127. The van der Waals surface area contributed by atoms with E-state index in [1.54, 1.807) is 31.6 Å². The summed E-state index contributed by atoms with van der Waals surface area (Å²) in [5, 5.41) is 6.50. The second-order valence-electron chi connectivity index (χ2n) is 5.15. The minimum Gasteiger partial charge on any atom is -0.380 e. The summed E-state index contributed by atoms with van der Waals surface area (Å²) >= 11 is 1.76.